The number of hydrogen-bond acceptors (Lipinski definition) is 1. The molecule has 0 bridgehead atoms. The second-order valence-electron chi connectivity index (χ2n) is 3.52. The zero-order chi connectivity index (χ0) is 10.2. The van der Waals surface area contributed by atoms with E-state index in [2.05, 4.69) is 30.7 Å². The molecule has 14 heavy (non-hydrogen) atoms. The van der Waals surface area contributed by atoms with E-state index in [1.807, 2.05) is 30.3 Å². The maximum atomic E-state index is 4.19. The van der Waals surface area contributed by atoms with Crippen LogP contribution in [0.1, 0.15) is 19.4 Å². The summed E-state index contributed by atoms with van der Waals surface area (Å²) >= 11 is 0. The standard InChI is InChI=1S/C13H15N/c1-12(2)11-14-10-6-9-13-7-4-3-5-8-13/h3-5,7-8,10,12H,11H2,1-2H3. The van der Waals surface area contributed by atoms with Crippen LogP contribution in [0.2, 0.25) is 0 Å². The molecular formula is C13H15N. The monoisotopic (exact) mass is 185 g/mol. The first-order valence-corrected chi connectivity index (χ1v) is 4.84. The van der Waals surface area contributed by atoms with Crippen LogP contribution >= 0.6 is 0 Å². The van der Waals surface area contributed by atoms with Crippen LogP contribution in [0.25, 0.3) is 0 Å². The minimum Gasteiger partial charge on any atom is -0.284 e. The Bertz CT molecular complexity index is 338. The van der Waals surface area contributed by atoms with E-state index in [1.54, 1.807) is 6.21 Å². The van der Waals surface area contributed by atoms with Crippen LogP contribution in [0.4, 0.5) is 0 Å². The third kappa shape index (κ3) is 4.47. The predicted octanol–water partition coefficient (Wildman–Crippen LogP) is 2.76. The Morgan fingerprint density at radius 1 is 1.29 bits per heavy atom. The molecule has 0 N–H and O–H groups in total. The number of nitrogens with zero attached hydrogens (tertiary/aromatic N) is 1. The number of benzene rings is 1. The minimum atomic E-state index is 0.602. The molecule has 72 valence electrons. The van der Waals surface area contributed by atoms with Crippen molar-refractivity contribution in [1.29, 1.82) is 0 Å². The van der Waals surface area contributed by atoms with E-state index in [1.165, 1.54) is 0 Å². The fourth-order valence-corrected chi connectivity index (χ4v) is 0.946. The van der Waals surface area contributed by atoms with Crippen LogP contribution in [0.3, 0.4) is 0 Å². The Morgan fingerprint density at radius 2 is 2.00 bits per heavy atom. The summed E-state index contributed by atoms with van der Waals surface area (Å²) in [5, 5.41) is 0. The summed E-state index contributed by atoms with van der Waals surface area (Å²) in [5.41, 5.74) is 1.03. The number of hydrogen-bond donors (Lipinski definition) is 0. The zero-order valence-corrected chi connectivity index (χ0v) is 8.70. The van der Waals surface area contributed by atoms with Crippen molar-refractivity contribution < 1.29 is 0 Å². The number of aliphatic imine (C=N–C) groups is 1. The molecule has 0 aliphatic heterocycles. The van der Waals surface area contributed by atoms with E-state index in [-0.39, 0.29) is 0 Å². The topological polar surface area (TPSA) is 12.4 Å². The Morgan fingerprint density at radius 3 is 2.64 bits per heavy atom. The van der Waals surface area contributed by atoms with Gasteiger partial charge in [0, 0.05) is 12.1 Å². The molecule has 0 heterocycles. The van der Waals surface area contributed by atoms with Gasteiger partial charge in [0.15, 0.2) is 0 Å². The molecule has 0 fully saturated rings. The van der Waals surface area contributed by atoms with Crippen molar-refractivity contribution in [2.24, 2.45) is 10.9 Å². The Labute approximate surface area is 85.9 Å². The summed E-state index contributed by atoms with van der Waals surface area (Å²) in [6.45, 7) is 5.13. The Hall–Kier alpha value is -1.55. The Balaban J connectivity index is 2.45. The largest absolute Gasteiger partial charge is 0.284 e. The lowest BCUT2D eigenvalue weighted by Crippen LogP contribution is -1.91. The third-order valence-corrected chi connectivity index (χ3v) is 1.62. The molecule has 1 aromatic rings. The van der Waals surface area contributed by atoms with E-state index in [0.29, 0.717) is 5.92 Å². The molecule has 1 heteroatoms. The second kappa shape index (κ2) is 5.99. The van der Waals surface area contributed by atoms with Gasteiger partial charge in [0.25, 0.3) is 0 Å². The summed E-state index contributed by atoms with van der Waals surface area (Å²) in [4.78, 5) is 4.19. The first-order valence-electron chi connectivity index (χ1n) is 4.84. The van der Waals surface area contributed by atoms with E-state index >= 15 is 0 Å². The molecule has 0 saturated carbocycles. The lowest BCUT2D eigenvalue weighted by atomic mass is 10.2. The normalized spacial score (nSPS) is 10.2. The quantitative estimate of drug-likeness (QED) is 0.496. The molecule has 0 amide bonds. The molecule has 1 aromatic carbocycles. The van der Waals surface area contributed by atoms with Gasteiger partial charge in [-0.3, -0.25) is 4.99 Å². The minimum absolute atomic E-state index is 0.602. The molecule has 0 radical (unpaired) electrons. The summed E-state index contributed by atoms with van der Waals surface area (Å²) in [7, 11) is 0. The van der Waals surface area contributed by atoms with Gasteiger partial charge in [0.2, 0.25) is 0 Å². The van der Waals surface area contributed by atoms with Crippen molar-refractivity contribution >= 4 is 6.21 Å². The maximum absolute atomic E-state index is 4.19. The highest BCUT2D eigenvalue weighted by molar-refractivity contribution is 5.79. The molecule has 0 spiro atoms. The lowest BCUT2D eigenvalue weighted by Gasteiger charge is -1.93. The van der Waals surface area contributed by atoms with E-state index in [0.717, 1.165) is 12.1 Å². The van der Waals surface area contributed by atoms with Gasteiger partial charge in [-0.05, 0) is 24.0 Å². The van der Waals surface area contributed by atoms with Gasteiger partial charge in [0.05, 0.1) is 6.21 Å². The Kier molecular flexibility index (Phi) is 4.50. The fourth-order valence-electron chi connectivity index (χ4n) is 0.946. The van der Waals surface area contributed by atoms with Crippen LogP contribution in [0.5, 0.6) is 0 Å². The molecule has 0 aliphatic carbocycles. The zero-order valence-electron chi connectivity index (χ0n) is 8.70. The van der Waals surface area contributed by atoms with Gasteiger partial charge < -0.3 is 0 Å². The highest BCUT2D eigenvalue weighted by Crippen LogP contribution is 1.94. The highest BCUT2D eigenvalue weighted by Gasteiger charge is 1.85. The molecule has 0 atom stereocenters. The van der Waals surface area contributed by atoms with Crippen LogP contribution in [-0.4, -0.2) is 12.8 Å². The maximum Gasteiger partial charge on any atom is 0.0714 e. The van der Waals surface area contributed by atoms with E-state index in [9.17, 15) is 0 Å². The molecule has 1 rings (SSSR count). The van der Waals surface area contributed by atoms with Gasteiger partial charge in [-0.25, -0.2) is 0 Å². The van der Waals surface area contributed by atoms with Crippen LogP contribution < -0.4 is 0 Å². The van der Waals surface area contributed by atoms with Crippen molar-refractivity contribution in [3.8, 4) is 11.8 Å². The highest BCUT2D eigenvalue weighted by atomic mass is 14.7. The first kappa shape index (κ1) is 10.5. The molecule has 0 saturated heterocycles. The summed E-state index contributed by atoms with van der Waals surface area (Å²) in [6.07, 6.45) is 1.69. The summed E-state index contributed by atoms with van der Waals surface area (Å²) in [6, 6.07) is 9.93. The van der Waals surface area contributed by atoms with Crippen LogP contribution in [-0.2, 0) is 0 Å². The molecule has 0 aromatic heterocycles. The van der Waals surface area contributed by atoms with Gasteiger partial charge in [0.1, 0.15) is 0 Å². The predicted molar refractivity (Wildman–Crippen MR) is 61.5 cm³/mol. The van der Waals surface area contributed by atoms with E-state index in [4.69, 9.17) is 0 Å². The van der Waals surface area contributed by atoms with Gasteiger partial charge in [-0.15, -0.1) is 0 Å². The van der Waals surface area contributed by atoms with Crippen molar-refractivity contribution in [3.63, 3.8) is 0 Å². The van der Waals surface area contributed by atoms with Crippen LogP contribution in [0, 0.1) is 17.8 Å². The van der Waals surface area contributed by atoms with Crippen LogP contribution in [0.15, 0.2) is 35.3 Å². The lowest BCUT2D eigenvalue weighted by molar-refractivity contribution is 0.667. The van der Waals surface area contributed by atoms with Crippen molar-refractivity contribution in [2.45, 2.75) is 13.8 Å². The average molecular weight is 185 g/mol. The van der Waals surface area contributed by atoms with Crippen molar-refractivity contribution in [3.05, 3.63) is 35.9 Å². The smallest absolute Gasteiger partial charge is 0.0714 e. The molecular weight excluding hydrogens is 170 g/mol. The average Bonchev–Trinajstić information content (AvgIpc) is 2.18. The van der Waals surface area contributed by atoms with Gasteiger partial charge in [-0.2, -0.15) is 0 Å². The van der Waals surface area contributed by atoms with Gasteiger partial charge in [-0.1, -0.05) is 38.0 Å². The summed E-state index contributed by atoms with van der Waals surface area (Å²) < 4.78 is 0. The van der Waals surface area contributed by atoms with E-state index < -0.39 is 0 Å². The third-order valence-electron chi connectivity index (χ3n) is 1.62. The molecule has 0 unspecified atom stereocenters. The first-order chi connectivity index (χ1) is 6.79. The van der Waals surface area contributed by atoms with Gasteiger partial charge >= 0.3 is 0 Å². The van der Waals surface area contributed by atoms with Crippen molar-refractivity contribution in [1.82, 2.24) is 0 Å². The van der Waals surface area contributed by atoms with Crippen molar-refractivity contribution in [2.75, 3.05) is 6.54 Å². The summed E-state index contributed by atoms with van der Waals surface area (Å²) in [5.74, 6) is 6.54. The fraction of sp³-hybridized carbons (Fsp3) is 0.308. The molecule has 0 aliphatic rings. The molecule has 1 nitrogen and oxygen atoms in total. The number of rotatable bonds is 2. The SMILES string of the molecule is CC(C)CN=CC#Cc1ccccc1. The second-order valence-corrected chi connectivity index (χ2v) is 3.52.